The van der Waals surface area contributed by atoms with Crippen molar-refractivity contribution in [3.05, 3.63) is 29.8 Å². The maximum atomic E-state index is 12.0. The fraction of sp³-hybridized carbons (Fsp3) is 0.438. The highest BCUT2D eigenvalue weighted by Crippen LogP contribution is 2.17. The molecule has 0 saturated heterocycles. The van der Waals surface area contributed by atoms with Crippen LogP contribution in [0.4, 0.5) is 4.79 Å². The van der Waals surface area contributed by atoms with Gasteiger partial charge in [0.15, 0.2) is 6.61 Å². The van der Waals surface area contributed by atoms with Crippen molar-refractivity contribution in [1.82, 2.24) is 10.6 Å². The minimum Gasteiger partial charge on any atom is -0.452 e. The minimum absolute atomic E-state index is 0.0896. The zero-order chi connectivity index (χ0) is 17.5. The Morgan fingerprint density at radius 1 is 1.21 bits per heavy atom. The maximum Gasteiger partial charge on any atom is 0.339 e. The summed E-state index contributed by atoms with van der Waals surface area (Å²) in [6.07, 6.45) is 5.39. The van der Waals surface area contributed by atoms with E-state index in [1.54, 1.807) is 18.2 Å². The van der Waals surface area contributed by atoms with Gasteiger partial charge in [-0.25, -0.2) is 9.59 Å². The summed E-state index contributed by atoms with van der Waals surface area (Å²) >= 11 is 0. The smallest absolute Gasteiger partial charge is 0.339 e. The highest BCUT2D eigenvalue weighted by molar-refractivity contribution is 7.84. The summed E-state index contributed by atoms with van der Waals surface area (Å²) in [6, 6.07) is 5.81. The number of rotatable bonds is 5. The van der Waals surface area contributed by atoms with Crippen molar-refractivity contribution >= 4 is 28.7 Å². The Morgan fingerprint density at radius 3 is 2.54 bits per heavy atom. The molecule has 0 radical (unpaired) electrons. The van der Waals surface area contributed by atoms with Gasteiger partial charge in [-0.1, -0.05) is 25.0 Å². The summed E-state index contributed by atoms with van der Waals surface area (Å²) in [4.78, 5) is 35.7. The molecule has 1 fully saturated rings. The second-order valence-corrected chi connectivity index (χ2v) is 6.88. The van der Waals surface area contributed by atoms with Crippen molar-refractivity contribution in [3.63, 3.8) is 0 Å². The van der Waals surface area contributed by atoms with Crippen LogP contribution in [-0.4, -0.2) is 41.0 Å². The first-order valence-electron chi connectivity index (χ1n) is 7.67. The SMILES string of the molecule is C[S@@](=O)c1ccccc1C(=O)OCC(=O)NC(=O)NC1CCCC1. The van der Waals surface area contributed by atoms with Crippen molar-refractivity contribution < 1.29 is 23.3 Å². The summed E-state index contributed by atoms with van der Waals surface area (Å²) in [5, 5.41) is 4.83. The number of hydrogen-bond acceptors (Lipinski definition) is 5. The molecule has 1 atom stereocenters. The van der Waals surface area contributed by atoms with E-state index < -0.39 is 35.3 Å². The van der Waals surface area contributed by atoms with Gasteiger partial charge in [0.2, 0.25) is 0 Å². The van der Waals surface area contributed by atoms with Crippen LogP contribution in [0.1, 0.15) is 36.0 Å². The van der Waals surface area contributed by atoms with Crippen LogP contribution < -0.4 is 10.6 Å². The van der Waals surface area contributed by atoms with Crippen LogP contribution in [0.5, 0.6) is 0 Å². The molecule has 3 amide bonds. The Morgan fingerprint density at radius 2 is 1.88 bits per heavy atom. The van der Waals surface area contributed by atoms with Gasteiger partial charge in [-0.05, 0) is 25.0 Å². The Labute approximate surface area is 142 Å². The number of carbonyl (C=O) groups excluding carboxylic acids is 3. The first kappa shape index (κ1) is 18.1. The Kier molecular flexibility index (Phi) is 6.48. The summed E-state index contributed by atoms with van der Waals surface area (Å²) < 4.78 is 16.5. The topological polar surface area (TPSA) is 102 Å². The van der Waals surface area contributed by atoms with Gasteiger partial charge in [-0.3, -0.25) is 14.3 Å². The molecule has 0 aliphatic heterocycles. The Balaban J connectivity index is 1.82. The predicted octanol–water partition coefficient (Wildman–Crippen LogP) is 1.35. The largest absolute Gasteiger partial charge is 0.452 e. The lowest BCUT2D eigenvalue weighted by molar-refractivity contribution is -0.123. The van der Waals surface area contributed by atoms with E-state index >= 15 is 0 Å². The number of esters is 1. The lowest BCUT2D eigenvalue weighted by Crippen LogP contribution is -2.45. The molecule has 1 saturated carbocycles. The van der Waals surface area contributed by atoms with Gasteiger partial charge < -0.3 is 10.1 Å². The zero-order valence-corrected chi connectivity index (χ0v) is 14.2. The van der Waals surface area contributed by atoms with Crippen LogP contribution in [0.2, 0.25) is 0 Å². The number of hydrogen-bond donors (Lipinski definition) is 2. The van der Waals surface area contributed by atoms with E-state index in [0.717, 1.165) is 25.7 Å². The number of imide groups is 1. The first-order valence-corrected chi connectivity index (χ1v) is 9.23. The van der Waals surface area contributed by atoms with Crippen molar-refractivity contribution in [3.8, 4) is 0 Å². The number of urea groups is 1. The van der Waals surface area contributed by atoms with Gasteiger partial charge in [0.1, 0.15) is 0 Å². The standard InChI is InChI=1S/C16H20N2O5S/c1-24(22)13-9-5-4-8-12(13)15(20)23-10-14(19)18-16(21)17-11-6-2-3-7-11/h4-5,8-9,11H,2-3,6-7,10H2,1H3,(H2,17,18,19,21)/t24-/m1/s1. The van der Waals surface area contributed by atoms with Gasteiger partial charge in [0.05, 0.1) is 21.3 Å². The summed E-state index contributed by atoms with van der Waals surface area (Å²) in [5.74, 6) is -1.47. The van der Waals surface area contributed by atoms with Crippen molar-refractivity contribution in [2.75, 3.05) is 12.9 Å². The van der Waals surface area contributed by atoms with E-state index in [-0.39, 0.29) is 11.6 Å². The van der Waals surface area contributed by atoms with Crippen LogP contribution in [0.25, 0.3) is 0 Å². The predicted molar refractivity (Wildman–Crippen MR) is 88.0 cm³/mol. The second-order valence-electron chi connectivity index (χ2n) is 5.53. The van der Waals surface area contributed by atoms with Crippen molar-refractivity contribution in [2.45, 2.75) is 36.6 Å². The molecule has 2 N–H and O–H groups in total. The highest BCUT2D eigenvalue weighted by atomic mass is 32.2. The van der Waals surface area contributed by atoms with E-state index in [1.165, 1.54) is 12.3 Å². The van der Waals surface area contributed by atoms with Gasteiger partial charge in [0, 0.05) is 12.3 Å². The molecule has 1 aromatic rings. The van der Waals surface area contributed by atoms with E-state index in [4.69, 9.17) is 4.74 Å². The molecule has 0 aromatic heterocycles. The number of amides is 3. The van der Waals surface area contributed by atoms with E-state index in [9.17, 15) is 18.6 Å². The monoisotopic (exact) mass is 352 g/mol. The molecular weight excluding hydrogens is 332 g/mol. The number of benzene rings is 1. The zero-order valence-electron chi connectivity index (χ0n) is 13.4. The van der Waals surface area contributed by atoms with Gasteiger partial charge in [0.25, 0.3) is 5.91 Å². The third-order valence-corrected chi connectivity index (χ3v) is 4.67. The fourth-order valence-corrected chi connectivity index (χ4v) is 3.28. The lowest BCUT2D eigenvalue weighted by atomic mass is 10.2. The normalized spacial score (nSPS) is 15.5. The molecule has 1 aliphatic carbocycles. The van der Waals surface area contributed by atoms with Gasteiger partial charge in [-0.2, -0.15) is 0 Å². The third-order valence-electron chi connectivity index (χ3n) is 3.69. The van der Waals surface area contributed by atoms with Crippen LogP contribution >= 0.6 is 0 Å². The summed E-state index contributed by atoms with van der Waals surface area (Å²) in [7, 11) is -1.35. The second kappa shape index (κ2) is 8.58. The molecule has 0 spiro atoms. The average Bonchev–Trinajstić information content (AvgIpc) is 3.05. The molecule has 130 valence electrons. The van der Waals surface area contributed by atoms with Crippen LogP contribution in [0, 0.1) is 0 Å². The van der Waals surface area contributed by atoms with Gasteiger partial charge in [-0.15, -0.1) is 0 Å². The van der Waals surface area contributed by atoms with Crippen LogP contribution in [-0.2, 0) is 20.3 Å². The van der Waals surface area contributed by atoms with E-state index in [2.05, 4.69) is 10.6 Å². The number of ether oxygens (including phenoxy) is 1. The summed E-state index contributed by atoms with van der Waals surface area (Å²) in [6.45, 7) is -0.582. The Hall–Kier alpha value is -2.22. The Bertz CT molecular complexity index is 656. The molecule has 0 unspecified atom stereocenters. The van der Waals surface area contributed by atoms with Crippen LogP contribution in [0.3, 0.4) is 0 Å². The third kappa shape index (κ3) is 5.16. The molecule has 1 aromatic carbocycles. The summed E-state index contributed by atoms with van der Waals surface area (Å²) in [5.41, 5.74) is 0.140. The molecule has 8 heteroatoms. The molecular formula is C16H20N2O5S. The number of carbonyl (C=O) groups is 3. The average molecular weight is 352 g/mol. The molecule has 0 bridgehead atoms. The molecule has 7 nitrogen and oxygen atoms in total. The molecule has 24 heavy (non-hydrogen) atoms. The van der Waals surface area contributed by atoms with Crippen molar-refractivity contribution in [2.24, 2.45) is 0 Å². The maximum absolute atomic E-state index is 12.0. The first-order chi connectivity index (χ1) is 11.5. The number of nitrogens with one attached hydrogen (secondary N) is 2. The lowest BCUT2D eigenvalue weighted by Gasteiger charge is -2.12. The van der Waals surface area contributed by atoms with Crippen molar-refractivity contribution in [1.29, 1.82) is 0 Å². The minimum atomic E-state index is -1.35. The van der Waals surface area contributed by atoms with E-state index in [0.29, 0.717) is 4.90 Å². The van der Waals surface area contributed by atoms with Crippen LogP contribution in [0.15, 0.2) is 29.2 Å². The fourth-order valence-electron chi connectivity index (χ4n) is 2.55. The molecule has 1 aliphatic rings. The van der Waals surface area contributed by atoms with E-state index in [1.807, 2.05) is 0 Å². The molecule has 0 heterocycles. The van der Waals surface area contributed by atoms with Gasteiger partial charge >= 0.3 is 12.0 Å². The molecule has 2 rings (SSSR count). The highest BCUT2D eigenvalue weighted by Gasteiger charge is 2.19. The quantitative estimate of drug-likeness (QED) is 0.779.